The molecule has 0 spiro atoms. The molecule has 26 heavy (non-hydrogen) atoms. The van der Waals surface area contributed by atoms with E-state index in [1.165, 1.54) is 96.3 Å². The molecule has 0 saturated heterocycles. The van der Waals surface area contributed by atoms with Crippen LogP contribution in [-0.4, -0.2) is 23.0 Å². The molecule has 0 radical (unpaired) electrons. The number of rotatable bonds is 5. The van der Waals surface area contributed by atoms with Crippen molar-refractivity contribution in [2.75, 3.05) is 0 Å². The Morgan fingerprint density at radius 1 is 0.615 bits per heavy atom. The van der Waals surface area contributed by atoms with E-state index < -0.39 is 0 Å². The summed E-state index contributed by atoms with van der Waals surface area (Å²) in [6.07, 6.45) is 27.3. The lowest BCUT2D eigenvalue weighted by Gasteiger charge is -2.53. The van der Waals surface area contributed by atoms with E-state index in [2.05, 4.69) is 11.8 Å². The highest BCUT2D eigenvalue weighted by Gasteiger charge is 2.43. The lowest BCUT2D eigenvalue weighted by molar-refractivity contribution is -0.0358. The molecule has 0 bridgehead atoms. The van der Waals surface area contributed by atoms with Gasteiger partial charge in [-0.1, -0.05) is 71.1 Å². The molecular weight excluding hydrogens is 314 g/mol. The Balaban J connectivity index is 1.49. The van der Waals surface area contributed by atoms with Crippen LogP contribution in [0.15, 0.2) is 0 Å². The van der Waals surface area contributed by atoms with Crippen LogP contribution in [0.1, 0.15) is 122 Å². The van der Waals surface area contributed by atoms with Gasteiger partial charge in [-0.05, 0) is 69.1 Å². The van der Waals surface area contributed by atoms with Crippen molar-refractivity contribution in [2.45, 2.75) is 141 Å². The zero-order valence-electron chi connectivity index (χ0n) is 17.6. The van der Waals surface area contributed by atoms with Crippen LogP contribution in [0.4, 0.5) is 0 Å². The summed E-state index contributed by atoms with van der Waals surface area (Å²) in [5.41, 5.74) is 0. The number of fused-ring (bicyclic) bond motifs is 1. The first-order chi connectivity index (χ1) is 12.9. The molecule has 0 amide bonds. The Hall–Kier alpha value is -0.0400. The van der Waals surface area contributed by atoms with Crippen LogP contribution in [0.3, 0.4) is 0 Å². The van der Waals surface area contributed by atoms with Gasteiger partial charge >= 0.3 is 0 Å². The van der Waals surface area contributed by atoms with Crippen molar-refractivity contribution in [3.8, 4) is 0 Å². The van der Waals surface area contributed by atoms with Crippen LogP contribution in [0.2, 0.25) is 0 Å². The average molecular weight is 360 g/mol. The summed E-state index contributed by atoms with van der Waals surface area (Å²) in [4.78, 5) is 3.23. The van der Waals surface area contributed by atoms with Crippen LogP contribution >= 0.6 is 0 Å². The summed E-state index contributed by atoms with van der Waals surface area (Å²) in [6.45, 7) is 2.38. The molecule has 0 N–H and O–H groups in total. The van der Waals surface area contributed by atoms with Crippen LogP contribution in [0, 0.1) is 17.8 Å². The quantitative estimate of drug-likeness (QED) is 0.496. The third-order valence-corrected chi connectivity index (χ3v) is 8.85. The number of nitrogens with zero attached hydrogens (tertiary/aromatic N) is 1. The Kier molecular flexibility index (Phi) is 7.00. The molecule has 0 heterocycles. The van der Waals surface area contributed by atoms with Gasteiger partial charge in [0.05, 0.1) is 0 Å². The van der Waals surface area contributed by atoms with E-state index in [-0.39, 0.29) is 0 Å². The Bertz CT molecular complexity index is 402. The maximum Gasteiger partial charge on any atom is 0.0132 e. The van der Waals surface area contributed by atoms with Gasteiger partial charge in [0, 0.05) is 18.1 Å². The molecule has 150 valence electrons. The van der Waals surface area contributed by atoms with Gasteiger partial charge < -0.3 is 0 Å². The van der Waals surface area contributed by atoms with E-state index in [0.29, 0.717) is 0 Å². The molecule has 0 aromatic rings. The second-order valence-corrected chi connectivity index (χ2v) is 10.4. The summed E-state index contributed by atoms with van der Waals surface area (Å²) >= 11 is 0. The molecule has 4 aliphatic rings. The molecule has 0 aromatic heterocycles. The fourth-order valence-corrected chi connectivity index (χ4v) is 7.63. The molecule has 4 aliphatic carbocycles. The molecule has 1 heteroatoms. The van der Waals surface area contributed by atoms with Crippen LogP contribution in [0.25, 0.3) is 0 Å². The van der Waals surface area contributed by atoms with Crippen molar-refractivity contribution < 1.29 is 0 Å². The minimum absolute atomic E-state index is 0.942. The van der Waals surface area contributed by atoms with E-state index in [1.807, 2.05) is 0 Å². The van der Waals surface area contributed by atoms with E-state index in [1.54, 1.807) is 19.3 Å². The summed E-state index contributed by atoms with van der Waals surface area (Å²) < 4.78 is 0. The first kappa shape index (κ1) is 19.3. The van der Waals surface area contributed by atoms with Gasteiger partial charge in [-0.15, -0.1) is 0 Å². The fourth-order valence-electron chi connectivity index (χ4n) is 7.63. The minimum atomic E-state index is 0.942. The molecule has 4 saturated carbocycles. The molecule has 1 nitrogen and oxygen atoms in total. The molecule has 3 atom stereocenters. The van der Waals surface area contributed by atoms with Gasteiger partial charge in [0.25, 0.3) is 0 Å². The third kappa shape index (κ3) is 4.34. The topological polar surface area (TPSA) is 3.24 Å². The first-order valence-corrected chi connectivity index (χ1v) is 12.6. The monoisotopic (exact) mass is 359 g/mol. The normalized spacial score (nSPS) is 39.7. The van der Waals surface area contributed by atoms with Gasteiger partial charge in [-0.3, -0.25) is 4.90 Å². The van der Waals surface area contributed by atoms with E-state index in [4.69, 9.17) is 0 Å². The van der Waals surface area contributed by atoms with Gasteiger partial charge in [0.1, 0.15) is 0 Å². The Labute approximate surface area is 163 Å². The predicted octanol–water partition coefficient (Wildman–Crippen LogP) is 7.34. The third-order valence-electron chi connectivity index (χ3n) is 8.85. The fraction of sp³-hybridized carbons (Fsp3) is 1.00. The summed E-state index contributed by atoms with van der Waals surface area (Å²) in [5, 5.41) is 0. The zero-order valence-corrected chi connectivity index (χ0v) is 17.6. The largest absolute Gasteiger partial charge is 0.294 e. The second kappa shape index (κ2) is 9.44. The predicted molar refractivity (Wildman–Crippen MR) is 112 cm³/mol. The van der Waals surface area contributed by atoms with Crippen LogP contribution < -0.4 is 0 Å². The van der Waals surface area contributed by atoms with Gasteiger partial charge in [0.15, 0.2) is 0 Å². The van der Waals surface area contributed by atoms with Gasteiger partial charge in [0.2, 0.25) is 0 Å². The lowest BCUT2D eigenvalue weighted by Crippen LogP contribution is -2.56. The smallest absolute Gasteiger partial charge is 0.0132 e. The van der Waals surface area contributed by atoms with Crippen molar-refractivity contribution in [1.29, 1.82) is 0 Å². The van der Waals surface area contributed by atoms with Gasteiger partial charge in [-0.25, -0.2) is 0 Å². The molecule has 4 fully saturated rings. The minimum Gasteiger partial charge on any atom is -0.294 e. The zero-order chi connectivity index (χ0) is 17.8. The standard InChI is InChI=1S/C25H45N/c1-2-9-20-16-18-23(19-17-20)26(22-12-4-3-5-13-22)25-15-8-11-21-10-6-7-14-24(21)25/h20-25H,2-19H2,1H3. The summed E-state index contributed by atoms with van der Waals surface area (Å²) in [7, 11) is 0. The molecule has 3 unspecified atom stereocenters. The molecular formula is C25H45N. The van der Waals surface area contributed by atoms with Crippen molar-refractivity contribution >= 4 is 0 Å². The van der Waals surface area contributed by atoms with Gasteiger partial charge in [-0.2, -0.15) is 0 Å². The van der Waals surface area contributed by atoms with E-state index in [0.717, 1.165) is 35.9 Å². The Morgan fingerprint density at radius 2 is 1.27 bits per heavy atom. The Morgan fingerprint density at radius 3 is 2.04 bits per heavy atom. The highest BCUT2D eigenvalue weighted by atomic mass is 15.2. The summed E-state index contributed by atoms with van der Waals surface area (Å²) in [5.74, 6) is 3.20. The highest BCUT2D eigenvalue weighted by Crippen LogP contribution is 2.46. The van der Waals surface area contributed by atoms with Crippen molar-refractivity contribution in [3.63, 3.8) is 0 Å². The molecule has 4 rings (SSSR count). The van der Waals surface area contributed by atoms with E-state index in [9.17, 15) is 0 Å². The van der Waals surface area contributed by atoms with Crippen molar-refractivity contribution in [2.24, 2.45) is 17.8 Å². The number of hydrogen-bond donors (Lipinski definition) is 0. The second-order valence-electron chi connectivity index (χ2n) is 10.4. The molecule has 0 aromatic carbocycles. The average Bonchev–Trinajstić information content (AvgIpc) is 2.71. The van der Waals surface area contributed by atoms with Crippen molar-refractivity contribution in [1.82, 2.24) is 4.90 Å². The van der Waals surface area contributed by atoms with E-state index >= 15 is 0 Å². The number of hydrogen-bond acceptors (Lipinski definition) is 1. The maximum absolute atomic E-state index is 3.23. The van der Waals surface area contributed by atoms with Crippen LogP contribution in [0.5, 0.6) is 0 Å². The first-order valence-electron chi connectivity index (χ1n) is 12.6. The summed E-state index contributed by atoms with van der Waals surface area (Å²) in [6, 6.07) is 2.85. The highest BCUT2D eigenvalue weighted by molar-refractivity contribution is 4.96. The van der Waals surface area contributed by atoms with Crippen molar-refractivity contribution in [3.05, 3.63) is 0 Å². The maximum atomic E-state index is 3.23. The lowest BCUT2D eigenvalue weighted by atomic mass is 9.67. The SMILES string of the molecule is CCCC1CCC(N(C2CCCCC2)C2CCCC3CCCCC32)CC1. The van der Waals surface area contributed by atoms with Crippen LogP contribution in [-0.2, 0) is 0 Å². The molecule has 0 aliphatic heterocycles.